The molecule has 0 spiro atoms. The van der Waals surface area contributed by atoms with Crippen LogP contribution in [0.3, 0.4) is 0 Å². The number of hydrogen-bond acceptors (Lipinski definition) is 8. The van der Waals surface area contributed by atoms with E-state index in [-0.39, 0.29) is 31.6 Å². The Morgan fingerprint density at radius 1 is 1.00 bits per heavy atom. The van der Waals surface area contributed by atoms with Gasteiger partial charge in [0.25, 0.3) is 0 Å². The van der Waals surface area contributed by atoms with Crippen molar-refractivity contribution in [1.29, 1.82) is 0 Å². The van der Waals surface area contributed by atoms with Crippen molar-refractivity contribution in [2.75, 3.05) is 0 Å². The molecular formula is C37H50O8. The molecule has 246 valence electrons. The second-order valence-corrected chi connectivity index (χ2v) is 14.7. The molecule has 0 amide bonds. The third kappa shape index (κ3) is 5.22. The molecule has 4 aliphatic carbocycles. The lowest BCUT2D eigenvalue weighted by atomic mass is 9.42. The highest BCUT2D eigenvalue weighted by atomic mass is 16.6. The summed E-state index contributed by atoms with van der Waals surface area (Å²) in [5.41, 5.74) is -4.85. The zero-order valence-corrected chi connectivity index (χ0v) is 27.5. The number of benzene rings is 1. The summed E-state index contributed by atoms with van der Waals surface area (Å²) in [6.07, 6.45) is 5.78. The van der Waals surface area contributed by atoms with E-state index >= 15 is 0 Å². The van der Waals surface area contributed by atoms with Crippen molar-refractivity contribution >= 4 is 18.0 Å². The molecule has 0 bridgehead atoms. The molecule has 3 saturated carbocycles. The van der Waals surface area contributed by atoms with Crippen molar-refractivity contribution in [1.82, 2.24) is 0 Å². The van der Waals surface area contributed by atoms with Gasteiger partial charge in [-0.05, 0) is 81.8 Å². The molecule has 3 fully saturated rings. The van der Waals surface area contributed by atoms with Crippen molar-refractivity contribution in [2.24, 2.45) is 22.7 Å². The summed E-state index contributed by atoms with van der Waals surface area (Å²) in [5.74, 6) is -1.62. The van der Waals surface area contributed by atoms with Crippen LogP contribution in [-0.4, -0.2) is 67.5 Å². The third-order valence-corrected chi connectivity index (χ3v) is 12.3. The molecule has 0 radical (unpaired) electrons. The number of esters is 2. The fourth-order valence-electron chi connectivity index (χ4n) is 9.06. The number of allylic oxidation sites excluding steroid dienone is 1. The van der Waals surface area contributed by atoms with Crippen LogP contribution in [0.5, 0.6) is 0 Å². The normalized spacial score (nSPS) is 40.3. The van der Waals surface area contributed by atoms with Crippen molar-refractivity contribution in [3.63, 3.8) is 0 Å². The Morgan fingerprint density at radius 2 is 1.69 bits per heavy atom. The summed E-state index contributed by atoms with van der Waals surface area (Å²) in [5, 5.41) is 48.6. The lowest BCUT2D eigenvalue weighted by Gasteiger charge is -2.67. The molecule has 1 aromatic rings. The van der Waals surface area contributed by atoms with Crippen molar-refractivity contribution in [3.05, 3.63) is 65.3 Å². The van der Waals surface area contributed by atoms with Crippen LogP contribution in [0.2, 0.25) is 0 Å². The van der Waals surface area contributed by atoms with Crippen LogP contribution in [-0.2, 0) is 19.1 Å². The van der Waals surface area contributed by atoms with E-state index < -0.39 is 63.8 Å². The molecule has 4 aliphatic rings. The van der Waals surface area contributed by atoms with E-state index in [1.54, 1.807) is 19.9 Å². The Balaban J connectivity index is 1.56. The highest BCUT2D eigenvalue weighted by molar-refractivity contribution is 5.87. The van der Waals surface area contributed by atoms with Crippen molar-refractivity contribution in [2.45, 2.75) is 122 Å². The molecule has 0 aromatic heterocycles. The highest BCUT2D eigenvalue weighted by Crippen LogP contribution is 2.71. The molecule has 8 heteroatoms. The van der Waals surface area contributed by atoms with Crippen LogP contribution in [0.4, 0.5) is 0 Å². The van der Waals surface area contributed by atoms with Gasteiger partial charge in [0.1, 0.15) is 29.0 Å². The van der Waals surface area contributed by atoms with Gasteiger partial charge in [-0.3, -0.25) is 0 Å². The lowest BCUT2D eigenvalue weighted by molar-refractivity contribution is -0.326. The number of aliphatic hydroxyl groups excluding tert-OH is 1. The van der Waals surface area contributed by atoms with E-state index in [9.17, 15) is 30.0 Å². The highest BCUT2D eigenvalue weighted by Gasteiger charge is 2.81. The second kappa shape index (κ2) is 11.8. The SMILES string of the molecule is CC(=CC(=O)O[C@H](C)[C@]1(O)CC[C@@]2(O)[C@]1(C)[C@@H](OC(=O)C=Cc1ccccc1)C[C@H]1[C@]2(O)CC=C2C[C@H](O)CC[C@]21C)C(C)C. The Morgan fingerprint density at radius 3 is 2.36 bits per heavy atom. The summed E-state index contributed by atoms with van der Waals surface area (Å²) < 4.78 is 12.0. The lowest BCUT2D eigenvalue weighted by Crippen LogP contribution is -2.78. The molecule has 45 heavy (non-hydrogen) atoms. The zero-order chi connectivity index (χ0) is 33.0. The zero-order valence-electron chi connectivity index (χ0n) is 27.5. The molecule has 9 atom stereocenters. The third-order valence-electron chi connectivity index (χ3n) is 12.3. The van der Waals surface area contributed by atoms with Gasteiger partial charge in [-0.2, -0.15) is 0 Å². The van der Waals surface area contributed by atoms with Gasteiger partial charge in [0.2, 0.25) is 0 Å². The Hall–Kier alpha value is -2.78. The minimum absolute atomic E-state index is 0.0194. The van der Waals surface area contributed by atoms with Gasteiger partial charge in [-0.1, -0.05) is 75.2 Å². The van der Waals surface area contributed by atoms with Crippen LogP contribution in [0.1, 0.15) is 92.1 Å². The fraction of sp³-hybridized carbons (Fsp3) is 0.622. The Kier molecular flexibility index (Phi) is 8.79. The van der Waals surface area contributed by atoms with Crippen molar-refractivity contribution < 1.29 is 39.5 Å². The summed E-state index contributed by atoms with van der Waals surface area (Å²) >= 11 is 0. The van der Waals surface area contributed by atoms with Gasteiger partial charge in [-0.15, -0.1) is 0 Å². The average Bonchev–Trinajstić information content (AvgIpc) is 3.22. The molecule has 0 saturated heterocycles. The van der Waals surface area contributed by atoms with Crippen molar-refractivity contribution in [3.8, 4) is 0 Å². The molecule has 0 aliphatic heterocycles. The summed E-state index contributed by atoms with van der Waals surface area (Å²) in [6.45, 7) is 11.1. The van der Waals surface area contributed by atoms with Gasteiger partial charge < -0.3 is 29.9 Å². The van der Waals surface area contributed by atoms with Gasteiger partial charge in [0, 0.05) is 18.1 Å². The van der Waals surface area contributed by atoms with Gasteiger partial charge in [0.05, 0.1) is 11.5 Å². The molecule has 5 rings (SSSR count). The smallest absolute Gasteiger partial charge is 0.331 e. The summed E-state index contributed by atoms with van der Waals surface area (Å²) in [4.78, 5) is 26.4. The monoisotopic (exact) mass is 622 g/mol. The molecule has 0 unspecified atom stereocenters. The maximum Gasteiger partial charge on any atom is 0.331 e. The molecule has 1 aromatic carbocycles. The molecule has 4 N–H and O–H groups in total. The van der Waals surface area contributed by atoms with Crippen LogP contribution >= 0.6 is 0 Å². The molecule has 8 nitrogen and oxygen atoms in total. The first-order valence-electron chi connectivity index (χ1n) is 16.4. The number of aliphatic hydroxyl groups is 4. The molecule has 0 heterocycles. The summed E-state index contributed by atoms with van der Waals surface area (Å²) in [7, 11) is 0. The van der Waals surface area contributed by atoms with E-state index in [1.165, 1.54) is 12.2 Å². The number of ether oxygens (including phenoxy) is 2. The minimum Gasteiger partial charge on any atom is -0.458 e. The summed E-state index contributed by atoms with van der Waals surface area (Å²) in [6, 6.07) is 9.33. The largest absolute Gasteiger partial charge is 0.458 e. The maximum absolute atomic E-state index is 13.4. The van der Waals surface area contributed by atoms with E-state index in [1.807, 2.05) is 57.2 Å². The first kappa shape index (κ1) is 33.6. The maximum atomic E-state index is 13.4. The standard InChI is InChI=1S/C37H50O8/c1-23(2)24(3)20-32(40)44-25(4)35(41)18-19-37(43)34(35,6)30(45-31(39)13-12-26-10-8-7-9-11-26)22-29-33(5)16-15-28(38)21-27(33)14-17-36(29,37)42/h7-14,20,23,25,28-30,38,41-43H,15-19,21-22H2,1-6H3/t25-,28-,29-,30+,33-,34-,35-,36-,37-/m1/s1. The predicted molar refractivity (Wildman–Crippen MR) is 170 cm³/mol. The van der Waals surface area contributed by atoms with E-state index in [0.29, 0.717) is 19.3 Å². The fourth-order valence-corrected chi connectivity index (χ4v) is 9.06. The van der Waals surface area contributed by atoms with E-state index in [0.717, 1.165) is 16.7 Å². The second-order valence-electron chi connectivity index (χ2n) is 14.7. The Labute approximate surface area is 266 Å². The first-order chi connectivity index (χ1) is 21.0. The van der Waals surface area contributed by atoms with E-state index in [2.05, 4.69) is 6.92 Å². The average molecular weight is 623 g/mol. The number of rotatable bonds is 7. The number of carbonyl (C=O) groups is 2. The minimum atomic E-state index is -1.89. The number of carbonyl (C=O) groups excluding carboxylic acids is 2. The van der Waals surface area contributed by atoms with E-state index in [4.69, 9.17) is 9.47 Å². The first-order valence-corrected chi connectivity index (χ1v) is 16.4. The van der Waals surface area contributed by atoms with Gasteiger partial charge >= 0.3 is 11.9 Å². The van der Waals surface area contributed by atoms with Crippen LogP contribution < -0.4 is 0 Å². The number of fused-ring (bicyclic) bond motifs is 5. The number of hydrogen-bond donors (Lipinski definition) is 4. The van der Waals surface area contributed by atoms with Crippen LogP contribution in [0, 0.1) is 22.7 Å². The van der Waals surface area contributed by atoms with Gasteiger partial charge in [-0.25, -0.2) is 9.59 Å². The van der Waals surface area contributed by atoms with Gasteiger partial charge in [0.15, 0.2) is 0 Å². The van der Waals surface area contributed by atoms with Crippen LogP contribution in [0.25, 0.3) is 6.08 Å². The van der Waals surface area contributed by atoms with Crippen LogP contribution in [0.15, 0.2) is 59.7 Å². The topological polar surface area (TPSA) is 134 Å². The quantitative estimate of drug-likeness (QED) is 0.189. The predicted octanol–water partition coefficient (Wildman–Crippen LogP) is 5.04. The Bertz CT molecular complexity index is 1400. The molecular weight excluding hydrogens is 572 g/mol.